The van der Waals surface area contributed by atoms with Gasteiger partial charge in [-0.25, -0.2) is 9.98 Å². The third-order valence-electron chi connectivity index (χ3n) is 8.64. The van der Waals surface area contributed by atoms with Gasteiger partial charge in [0.25, 0.3) is 0 Å². The van der Waals surface area contributed by atoms with Gasteiger partial charge in [0.15, 0.2) is 5.84 Å². The van der Waals surface area contributed by atoms with E-state index in [1.54, 1.807) is 0 Å². The Labute approximate surface area is 242 Å². The number of aliphatic imine (C=N–C) groups is 3. The highest BCUT2D eigenvalue weighted by Crippen LogP contribution is 2.34. The Morgan fingerprint density at radius 3 is 1.93 bits per heavy atom. The van der Waals surface area contributed by atoms with E-state index in [0.29, 0.717) is 11.8 Å². The van der Waals surface area contributed by atoms with E-state index in [1.807, 2.05) is 25.1 Å². The van der Waals surface area contributed by atoms with Crippen LogP contribution in [0.4, 0.5) is 22.7 Å². The normalized spacial score (nSPS) is 20.0. The lowest BCUT2D eigenvalue weighted by Gasteiger charge is -2.33. The summed E-state index contributed by atoms with van der Waals surface area (Å²) in [6.45, 7) is 4.46. The van der Waals surface area contributed by atoms with Crippen LogP contribution in [0.25, 0.3) is 0 Å². The third-order valence-corrected chi connectivity index (χ3v) is 8.64. The highest BCUT2D eigenvalue weighted by molar-refractivity contribution is 6.22. The molecule has 0 spiro atoms. The van der Waals surface area contributed by atoms with Crippen LogP contribution >= 0.6 is 0 Å². The summed E-state index contributed by atoms with van der Waals surface area (Å²) >= 11 is 0. The van der Waals surface area contributed by atoms with Gasteiger partial charge in [-0.15, -0.1) is 0 Å². The van der Waals surface area contributed by atoms with Crippen LogP contribution in [0.5, 0.6) is 0 Å². The summed E-state index contributed by atoms with van der Waals surface area (Å²) < 4.78 is 0. The lowest BCUT2D eigenvalue weighted by molar-refractivity contribution is 0.578. The van der Waals surface area contributed by atoms with Crippen molar-refractivity contribution in [1.82, 2.24) is 4.90 Å². The maximum Gasteiger partial charge on any atom is 0.238 e. The maximum atomic E-state index is 5.11. The molecule has 0 radical (unpaired) electrons. The number of benzene rings is 2. The van der Waals surface area contributed by atoms with Gasteiger partial charge in [0.2, 0.25) is 5.96 Å². The molecule has 2 aromatic carbocycles. The molecule has 0 saturated carbocycles. The van der Waals surface area contributed by atoms with Crippen molar-refractivity contribution in [3.63, 3.8) is 0 Å². The van der Waals surface area contributed by atoms with Gasteiger partial charge in [0.05, 0.1) is 11.4 Å². The van der Waals surface area contributed by atoms with Crippen molar-refractivity contribution in [1.29, 1.82) is 0 Å². The minimum atomic E-state index is 0.641. The second kappa shape index (κ2) is 10.9. The number of hydrogen-bond acceptors (Lipinski definition) is 8. The molecule has 5 heterocycles. The van der Waals surface area contributed by atoms with Crippen molar-refractivity contribution in [3.05, 3.63) is 83.3 Å². The molecule has 5 aliphatic rings. The molecule has 8 heteroatoms. The van der Waals surface area contributed by atoms with Crippen molar-refractivity contribution in [2.45, 2.75) is 38.5 Å². The zero-order valence-corrected chi connectivity index (χ0v) is 24.0. The van der Waals surface area contributed by atoms with Gasteiger partial charge in [-0.3, -0.25) is 4.90 Å². The van der Waals surface area contributed by atoms with Crippen LogP contribution in [0.2, 0.25) is 0 Å². The topological polar surface area (TPSA) is 70.9 Å². The molecule has 2 fully saturated rings. The van der Waals surface area contributed by atoms with E-state index in [9.17, 15) is 0 Å². The number of nitrogens with one attached hydrogen (secondary N) is 2. The lowest BCUT2D eigenvalue weighted by atomic mass is 10.0. The van der Waals surface area contributed by atoms with E-state index in [4.69, 9.17) is 15.0 Å². The monoisotopic (exact) mass is 546 g/mol. The summed E-state index contributed by atoms with van der Waals surface area (Å²) in [6, 6.07) is 13.3. The van der Waals surface area contributed by atoms with Crippen molar-refractivity contribution in [2.24, 2.45) is 15.0 Å². The number of hydrogen-bond donors (Lipinski definition) is 2. The number of amidine groups is 1. The molecule has 7 rings (SSSR count). The number of allylic oxidation sites excluding steroid dienone is 4. The first-order valence-corrected chi connectivity index (χ1v) is 15.0. The third kappa shape index (κ3) is 4.81. The molecule has 0 amide bonds. The molecule has 2 N–H and O–H groups in total. The second-order valence-corrected chi connectivity index (χ2v) is 11.2. The fourth-order valence-electron chi connectivity index (χ4n) is 6.42. The number of rotatable bonds is 6. The molecule has 0 unspecified atom stereocenters. The molecular formula is C33H38N8. The molecule has 5 aliphatic heterocycles. The lowest BCUT2D eigenvalue weighted by Crippen LogP contribution is -2.36. The Morgan fingerprint density at radius 1 is 0.683 bits per heavy atom. The number of nitrogens with zero attached hydrogens (tertiary/aromatic N) is 6. The maximum absolute atomic E-state index is 5.11. The summed E-state index contributed by atoms with van der Waals surface area (Å²) in [5.74, 6) is 2.14. The van der Waals surface area contributed by atoms with E-state index in [0.717, 1.165) is 65.9 Å². The van der Waals surface area contributed by atoms with E-state index < -0.39 is 0 Å². The number of anilines is 4. The van der Waals surface area contributed by atoms with Gasteiger partial charge in [-0.2, -0.15) is 4.99 Å². The predicted molar refractivity (Wildman–Crippen MR) is 172 cm³/mol. The van der Waals surface area contributed by atoms with Gasteiger partial charge in [0.1, 0.15) is 5.82 Å². The largest absolute Gasteiger partial charge is 0.388 e. The first-order chi connectivity index (χ1) is 20.2. The molecule has 210 valence electrons. The zero-order valence-electron chi connectivity index (χ0n) is 24.0. The minimum absolute atomic E-state index is 0.641. The van der Waals surface area contributed by atoms with Gasteiger partial charge in [-0.05, 0) is 93.2 Å². The van der Waals surface area contributed by atoms with E-state index in [-0.39, 0.29) is 0 Å². The fourth-order valence-corrected chi connectivity index (χ4v) is 6.42. The zero-order chi connectivity index (χ0) is 27.8. The first kappa shape index (κ1) is 25.6. The average molecular weight is 547 g/mol. The van der Waals surface area contributed by atoms with Crippen LogP contribution in [0.3, 0.4) is 0 Å². The van der Waals surface area contributed by atoms with Crippen LogP contribution in [-0.4, -0.2) is 62.7 Å². The van der Waals surface area contributed by atoms with Crippen LogP contribution in [-0.2, 0) is 0 Å². The molecule has 0 atom stereocenters. The van der Waals surface area contributed by atoms with E-state index >= 15 is 0 Å². The molecule has 0 aliphatic carbocycles. The molecule has 8 nitrogen and oxygen atoms in total. The number of guanidine groups is 1. The van der Waals surface area contributed by atoms with Crippen molar-refractivity contribution in [3.8, 4) is 0 Å². The van der Waals surface area contributed by atoms with Gasteiger partial charge in [0, 0.05) is 74.2 Å². The molecule has 0 aromatic heterocycles. The van der Waals surface area contributed by atoms with Crippen molar-refractivity contribution >= 4 is 40.3 Å². The molecule has 2 saturated heterocycles. The van der Waals surface area contributed by atoms with E-state index in [2.05, 4.69) is 75.1 Å². The average Bonchev–Trinajstić information content (AvgIpc) is 3.05. The fraction of sp³-hybridized carbons (Fsp3) is 0.364. The first-order valence-electron chi connectivity index (χ1n) is 15.0. The number of piperidine rings is 2. The predicted octanol–water partition coefficient (Wildman–Crippen LogP) is 5.97. The van der Waals surface area contributed by atoms with E-state index in [1.165, 1.54) is 49.9 Å². The van der Waals surface area contributed by atoms with Crippen molar-refractivity contribution in [2.75, 3.05) is 60.7 Å². The van der Waals surface area contributed by atoms with Crippen LogP contribution < -0.4 is 20.4 Å². The van der Waals surface area contributed by atoms with Crippen LogP contribution in [0, 0.1) is 0 Å². The minimum Gasteiger partial charge on any atom is -0.388 e. The summed E-state index contributed by atoms with van der Waals surface area (Å²) in [5.41, 5.74) is 8.57. The highest BCUT2D eigenvalue weighted by Gasteiger charge is 2.31. The quantitative estimate of drug-likeness (QED) is 0.467. The summed E-state index contributed by atoms with van der Waals surface area (Å²) in [4.78, 5) is 22.1. The Morgan fingerprint density at radius 2 is 1.29 bits per heavy atom. The van der Waals surface area contributed by atoms with Gasteiger partial charge < -0.3 is 20.4 Å². The Bertz CT molecular complexity index is 1460. The summed E-state index contributed by atoms with van der Waals surface area (Å²) in [6.07, 6.45) is 16.0. The molecule has 0 bridgehead atoms. The smallest absolute Gasteiger partial charge is 0.238 e. The van der Waals surface area contributed by atoms with Crippen LogP contribution in [0.15, 0.2) is 87.2 Å². The van der Waals surface area contributed by atoms with Crippen LogP contribution in [0.1, 0.15) is 49.7 Å². The summed E-state index contributed by atoms with van der Waals surface area (Å²) in [7, 11) is 3.95. The van der Waals surface area contributed by atoms with Gasteiger partial charge >= 0.3 is 0 Å². The van der Waals surface area contributed by atoms with Gasteiger partial charge in [-0.1, -0.05) is 6.08 Å². The standard InChI is InChI=1S/C33H38N8/c1-34-28-20-23(39-16-5-3-6-17-39)12-14-26(28)30-22-25-10-9-11-31-37-32(38-33(36-30)41(25)31)27-15-13-24(21-29(27)35-2)40-18-7-4-8-19-40/h9-15,20-22,34-35H,3-8,16-19H2,1-2H3. The second-order valence-electron chi connectivity index (χ2n) is 11.2. The highest BCUT2D eigenvalue weighted by atomic mass is 15.4. The Kier molecular flexibility index (Phi) is 6.82. The molecule has 2 aromatic rings. The molecule has 41 heavy (non-hydrogen) atoms. The SMILES string of the molecule is CNc1cc(N2CCCCC2)ccc1C1=NC2=NC(c3ccc(N4CCCCC4)cc3NC)=NC3=CC=CC(=C1)N32. The molecular weight excluding hydrogens is 508 g/mol. The van der Waals surface area contributed by atoms with Crippen molar-refractivity contribution < 1.29 is 0 Å². The Hall–Kier alpha value is -4.33. The summed E-state index contributed by atoms with van der Waals surface area (Å²) in [5, 5.41) is 6.83. The Balaban J connectivity index is 1.25.